The monoisotopic (exact) mass is 239 g/mol. The molecule has 0 aromatic carbocycles. The summed E-state index contributed by atoms with van der Waals surface area (Å²) in [5.74, 6) is 3.06. The first kappa shape index (κ1) is 13.3. The summed E-state index contributed by atoms with van der Waals surface area (Å²) >= 11 is 1.93. The predicted molar refractivity (Wildman–Crippen MR) is 72.1 cm³/mol. The van der Waals surface area contributed by atoms with Crippen LogP contribution in [0.1, 0.15) is 31.5 Å². The van der Waals surface area contributed by atoms with Crippen LogP contribution in [0.15, 0.2) is 12.3 Å². The Morgan fingerprint density at radius 1 is 1.25 bits per heavy atom. The Morgan fingerprint density at radius 3 is 2.81 bits per heavy atom. The summed E-state index contributed by atoms with van der Waals surface area (Å²) in [4.78, 5) is 8.36. The van der Waals surface area contributed by atoms with Crippen LogP contribution in [0, 0.1) is 6.92 Å². The lowest BCUT2D eigenvalue weighted by atomic mass is 10.2. The Bertz CT molecular complexity index is 291. The number of nitrogens with zero attached hydrogens (tertiary/aromatic N) is 2. The van der Waals surface area contributed by atoms with Gasteiger partial charge in [-0.3, -0.25) is 0 Å². The van der Waals surface area contributed by atoms with Crippen molar-refractivity contribution >= 4 is 17.6 Å². The molecule has 0 saturated carbocycles. The second-order valence-electron chi connectivity index (χ2n) is 3.82. The van der Waals surface area contributed by atoms with Crippen molar-refractivity contribution < 1.29 is 0 Å². The highest BCUT2D eigenvalue weighted by Gasteiger charge is 1.94. The van der Waals surface area contributed by atoms with Crippen molar-refractivity contribution in [2.24, 2.45) is 0 Å². The first-order chi connectivity index (χ1) is 7.83. The molecule has 4 heteroatoms. The number of hydrogen-bond acceptors (Lipinski definition) is 4. The maximum absolute atomic E-state index is 4.29. The molecule has 3 nitrogen and oxygen atoms in total. The summed E-state index contributed by atoms with van der Waals surface area (Å²) in [5.41, 5.74) is 0. The second kappa shape index (κ2) is 8.39. The maximum atomic E-state index is 4.29. The minimum Gasteiger partial charge on any atom is -0.370 e. The zero-order valence-corrected chi connectivity index (χ0v) is 11.0. The van der Waals surface area contributed by atoms with E-state index in [1.165, 1.54) is 31.4 Å². The van der Waals surface area contributed by atoms with E-state index in [1.54, 1.807) is 6.20 Å². The Kier molecular flexibility index (Phi) is 6.97. The highest BCUT2D eigenvalue weighted by Crippen LogP contribution is 2.06. The predicted octanol–water partition coefficient (Wildman–Crippen LogP) is 3.12. The Morgan fingerprint density at radius 2 is 2.06 bits per heavy atom. The normalized spacial score (nSPS) is 10.4. The number of hydrogen-bond donors (Lipinski definition) is 1. The van der Waals surface area contributed by atoms with Crippen molar-refractivity contribution in [2.75, 3.05) is 23.9 Å². The molecule has 1 aromatic heterocycles. The largest absolute Gasteiger partial charge is 0.370 e. The quantitative estimate of drug-likeness (QED) is 0.707. The van der Waals surface area contributed by atoms with Crippen molar-refractivity contribution in [1.29, 1.82) is 0 Å². The topological polar surface area (TPSA) is 37.8 Å². The van der Waals surface area contributed by atoms with Crippen molar-refractivity contribution in [3.63, 3.8) is 0 Å². The molecular weight excluding hydrogens is 218 g/mol. The fourth-order valence-corrected chi connectivity index (χ4v) is 1.99. The smallest absolute Gasteiger partial charge is 0.129 e. The minimum atomic E-state index is 0.824. The highest BCUT2D eigenvalue weighted by atomic mass is 32.2. The number of unbranched alkanes of at least 4 members (excludes halogenated alkanes) is 3. The van der Waals surface area contributed by atoms with E-state index in [-0.39, 0.29) is 0 Å². The SMILES string of the molecule is CSCCCCCCNc1ccnc(C)n1. The molecule has 0 radical (unpaired) electrons. The molecule has 0 atom stereocenters. The zero-order chi connectivity index (χ0) is 11.6. The van der Waals surface area contributed by atoms with E-state index in [0.717, 1.165) is 18.2 Å². The van der Waals surface area contributed by atoms with E-state index in [0.29, 0.717) is 0 Å². The summed E-state index contributed by atoms with van der Waals surface area (Å²) in [7, 11) is 0. The molecule has 0 amide bonds. The molecule has 16 heavy (non-hydrogen) atoms. The molecule has 1 heterocycles. The maximum Gasteiger partial charge on any atom is 0.129 e. The van der Waals surface area contributed by atoms with Crippen LogP contribution < -0.4 is 5.32 Å². The first-order valence-corrected chi connectivity index (χ1v) is 7.25. The summed E-state index contributed by atoms with van der Waals surface area (Å²) in [6, 6.07) is 1.92. The molecule has 0 unspecified atom stereocenters. The van der Waals surface area contributed by atoms with E-state index in [9.17, 15) is 0 Å². The lowest BCUT2D eigenvalue weighted by Gasteiger charge is -2.05. The Hall–Kier alpha value is -0.770. The van der Waals surface area contributed by atoms with Gasteiger partial charge in [-0.25, -0.2) is 9.97 Å². The lowest BCUT2D eigenvalue weighted by molar-refractivity contribution is 0.688. The average Bonchev–Trinajstić information content (AvgIpc) is 2.28. The molecule has 0 aliphatic rings. The van der Waals surface area contributed by atoms with Gasteiger partial charge in [-0.2, -0.15) is 11.8 Å². The van der Waals surface area contributed by atoms with E-state index in [2.05, 4.69) is 21.5 Å². The summed E-state index contributed by atoms with van der Waals surface area (Å²) in [6.45, 7) is 2.92. The van der Waals surface area contributed by atoms with Crippen LogP contribution in [0.3, 0.4) is 0 Å². The van der Waals surface area contributed by atoms with Crippen LogP contribution in [-0.2, 0) is 0 Å². The van der Waals surface area contributed by atoms with E-state index >= 15 is 0 Å². The van der Waals surface area contributed by atoms with Gasteiger partial charge < -0.3 is 5.32 Å². The van der Waals surface area contributed by atoms with Gasteiger partial charge in [0.05, 0.1) is 0 Å². The van der Waals surface area contributed by atoms with Gasteiger partial charge in [-0.05, 0) is 37.8 Å². The van der Waals surface area contributed by atoms with Crippen LogP contribution in [0.25, 0.3) is 0 Å². The number of thioether (sulfide) groups is 1. The standard InChI is InChI=1S/C12H21N3S/c1-11-13-9-7-12(15-11)14-8-5-3-4-6-10-16-2/h7,9H,3-6,8,10H2,1-2H3,(H,13,14,15). The summed E-state index contributed by atoms with van der Waals surface area (Å²) in [6.07, 6.45) is 9.16. The second-order valence-corrected chi connectivity index (χ2v) is 4.81. The van der Waals surface area contributed by atoms with Gasteiger partial charge in [0.2, 0.25) is 0 Å². The molecule has 0 spiro atoms. The molecule has 0 fully saturated rings. The van der Waals surface area contributed by atoms with Crippen LogP contribution in [0.4, 0.5) is 5.82 Å². The van der Waals surface area contributed by atoms with E-state index in [4.69, 9.17) is 0 Å². The van der Waals surface area contributed by atoms with Gasteiger partial charge >= 0.3 is 0 Å². The van der Waals surface area contributed by atoms with Crippen LogP contribution in [0.2, 0.25) is 0 Å². The molecular formula is C12H21N3S. The van der Waals surface area contributed by atoms with Gasteiger partial charge in [-0.1, -0.05) is 12.8 Å². The fourth-order valence-electron chi connectivity index (χ4n) is 1.50. The van der Waals surface area contributed by atoms with Gasteiger partial charge in [0.25, 0.3) is 0 Å². The van der Waals surface area contributed by atoms with Gasteiger partial charge in [0.15, 0.2) is 0 Å². The van der Waals surface area contributed by atoms with Crippen molar-refractivity contribution in [3.05, 3.63) is 18.1 Å². The number of aromatic nitrogens is 2. The Balaban J connectivity index is 2.03. The molecule has 0 bridgehead atoms. The molecule has 1 aromatic rings. The molecule has 0 saturated heterocycles. The number of nitrogens with one attached hydrogen (secondary N) is 1. The molecule has 0 aliphatic heterocycles. The third-order valence-electron chi connectivity index (χ3n) is 2.36. The summed E-state index contributed by atoms with van der Waals surface area (Å²) in [5, 5.41) is 3.32. The molecule has 1 rings (SSSR count). The highest BCUT2D eigenvalue weighted by molar-refractivity contribution is 7.98. The van der Waals surface area contributed by atoms with Crippen LogP contribution in [0.5, 0.6) is 0 Å². The molecule has 0 aliphatic carbocycles. The van der Waals surface area contributed by atoms with Crippen molar-refractivity contribution in [2.45, 2.75) is 32.6 Å². The van der Waals surface area contributed by atoms with Crippen molar-refractivity contribution in [3.8, 4) is 0 Å². The molecule has 1 N–H and O–H groups in total. The van der Waals surface area contributed by atoms with Crippen molar-refractivity contribution in [1.82, 2.24) is 9.97 Å². The number of aryl methyl sites for hydroxylation is 1. The van der Waals surface area contributed by atoms with Gasteiger partial charge in [-0.15, -0.1) is 0 Å². The van der Waals surface area contributed by atoms with Gasteiger partial charge in [0, 0.05) is 12.7 Å². The average molecular weight is 239 g/mol. The third kappa shape index (κ3) is 5.95. The lowest BCUT2D eigenvalue weighted by Crippen LogP contribution is -2.04. The molecule has 90 valence electrons. The summed E-state index contributed by atoms with van der Waals surface area (Å²) < 4.78 is 0. The van der Waals surface area contributed by atoms with Crippen LogP contribution in [-0.4, -0.2) is 28.5 Å². The number of rotatable bonds is 8. The fraction of sp³-hybridized carbons (Fsp3) is 0.667. The van der Waals surface area contributed by atoms with Crippen LogP contribution >= 0.6 is 11.8 Å². The number of anilines is 1. The first-order valence-electron chi connectivity index (χ1n) is 5.85. The zero-order valence-electron chi connectivity index (χ0n) is 10.2. The minimum absolute atomic E-state index is 0.824. The third-order valence-corrected chi connectivity index (χ3v) is 3.05. The van der Waals surface area contributed by atoms with E-state index < -0.39 is 0 Å². The Labute approximate surface area is 102 Å². The van der Waals surface area contributed by atoms with E-state index in [1.807, 2.05) is 24.8 Å². The van der Waals surface area contributed by atoms with Gasteiger partial charge in [0.1, 0.15) is 11.6 Å².